The quantitative estimate of drug-likeness (QED) is 0.884. The highest BCUT2D eigenvalue weighted by Gasteiger charge is 2.27. The lowest BCUT2D eigenvalue weighted by molar-refractivity contribution is 0.0106. The fourth-order valence-electron chi connectivity index (χ4n) is 2.91. The molecule has 0 bridgehead atoms. The summed E-state index contributed by atoms with van der Waals surface area (Å²) in [6.45, 7) is 7.38. The summed E-state index contributed by atoms with van der Waals surface area (Å²) in [6.07, 6.45) is 2.14. The van der Waals surface area contributed by atoms with Crippen LogP contribution in [0.2, 0.25) is 0 Å². The molecule has 2 rings (SSSR count). The van der Waals surface area contributed by atoms with Gasteiger partial charge in [-0.1, -0.05) is 44.2 Å². The Kier molecular flexibility index (Phi) is 4.79. The van der Waals surface area contributed by atoms with Gasteiger partial charge in [0.05, 0.1) is 6.10 Å². The van der Waals surface area contributed by atoms with Gasteiger partial charge in [0.25, 0.3) is 0 Å². The molecule has 18 heavy (non-hydrogen) atoms. The molecule has 0 spiro atoms. The van der Waals surface area contributed by atoms with Crippen LogP contribution in [0.3, 0.4) is 0 Å². The van der Waals surface area contributed by atoms with Crippen molar-refractivity contribution in [3.63, 3.8) is 0 Å². The van der Waals surface area contributed by atoms with Gasteiger partial charge in [-0.3, -0.25) is 4.90 Å². The Bertz CT molecular complexity index is 349. The third kappa shape index (κ3) is 3.82. The van der Waals surface area contributed by atoms with E-state index in [2.05, 4.69) is 43.0 Å². The number of hydrogen-bond acceptors (Lipinski definition) is 2. The molecule has 1 heterocycles. The highest BCUT2D eigenvalue weighted by molar-refractivity contribution is 5.14. The fraction of sp³-hybridized carbons (Fsp3) is 0.625. The minimum absolute atomic E-state index is 0.148. The average Bonchev–Trinajstić information content (AvgIpc) is 2.33. The molecular weight excluding hydrogens is 222 g/mol. The Morgan fingerprint density at radius 3 is 2.61 bits per heavy atom. The second-order valence-electron chi connectivity index (χ2n) is 5.97. The van der Waals surface area contributed by atoms with Crippen LogP contribution < -0.4 is 0 Å². The van der Waals surface area contributed by atoms with E-state index in [0.717, 1.165) is 32.5 Å². The van der Waals surface area contributed by atoms with Crippen molar-refractivity contribution in [1.29, 1.82) is 0 Å². The topological polar surface area (TPSA) is 23.5 Å². The van der Waals surface area contributed by atoms with E-state index in [1.54, 1.807) is 0 Å². The molecule has 1 saturated heterocycles. The van der Waals surface area contributed by atoms with Crippen LogP contribution in [0.15, 0.2) is 30.3 Å². The number of aliphatic hydroxyl groups excluding tert-OH is 1. The first-order valence-electron chi connectivity index (χ1n) is 7.09. The predicted molar refractivity (Wildman–Crippen MR) is 75.3 cm³/mol. The highest BCUT2D eigenvalue weighted by Crippen LogP contribution is 2.25. The van der Waals surface area contributed by atoms with Crippen LogP contribution in [0.5, 0.6) is 0 Å². The van der Waals surface area contributed by atoms with Crippen molar-refractivity contribution in [2.75, 3.05) is 13.1 Å². The molecule has 1 fully saturated rings. The van der Waals surface area contributed by atoms with Crippen LogP contribution in [-0.4, -0.2) is 29.2 Å². The third-order valence-corrected chi connectivity index (χ3v) is 3.83. The van der Waals surface area contributed by atoms with Crippen molar-refractivity contribution in [3.8, 4) is 0 Å². The molecule has 1 N–H and O–H groups in total. The van der Waals surface area contributed by atoms with Gasteiger partial charge in [0.15, 0.2) is 0 Å². The Labute approximate surface area is 111 Å². The van der Waals surface area contributed by atoms with Gasteiger partial charge in [0, 0.05) is 13.1 Å². The first-order chi connectivity index (χ1) is 8.65. The SMILES string of the molecule is CC(C)CC1CCN(Cc2ccccc2)CC1O. The summed E-state index contributed by atoms with van der Waals surface area (Å²) in [5.41, 5.74) is 1.34. The summed E-state index contributed by atoms with van der Waals surface area (Å²) in [7, 11) is 0. The fourth-order valence-corrected chi connectivity index (χ4v) is 2.91. The van der Waals surface area contributed by atoms with E-state index in [9.17, 15) is 5.11 Å². The van der Waals surface area contributed by atoms with Crippen LogP contribution in [0, 0.1) is 11.8 Å². The molecule has 2 heteroatoms. The maximum atomic E-state index is 10.2. The first kappa shape index (κ1) is 13.6. The Morgan fingerprint density at radius 1 is 1.28 bits per heavy atom. The molecular formula is C16H25NO. The van der Waals surface area contributed by atoms with E-state index < -0.39 is 0 Å². The van der Waals surface area contributed by atoms with Crippen molar-refractivity contribution in [1.82, 2.24) is 4.90 Å². The number of β-amino-alcohol motifs (C(OH)–C–C–N with tert-alkyl or cyclic N) is 1. The van der Waals surface area contributed by atoms with Gasteiger partial charge in [-0.2, -0.15) is 0 Å². The predicted octanol–water partition coefficient (Wildman–Crippen LogP) is 2.92. The first-order valence-corrected chi connectivity index (χ1v) is 7.09. The van der Waals surface area contributed by atoms with Crippen LogP contribution in [-0.2, 0) is 6.54 Å². The standard InChI is InChI=1S/C16H25NO/c1-13(2)10-15-8-9-17(12-16(15)18)11-14-6-4-3-5-7-14/h3-7,13,15-16,18H,8-12H2,1-2H3. The zero-order valence-electron chi connectivity index (χ0n) is 11.5. The Balaban J connectivity index is 1.85. The molecule has 2 unspecified atom stereocenters. The molecule has 1 aliphatic heterocycles. The van der Waals surface area contributed by atoms with Crippen LogP contribution in [0.25, 0.3) is 0 Å². The smallest absolute Gasteiger partial charge is 0.0695 e. The minimum atomic E-state index is -0.148. The number of nitrogens with zero attached hydrogens (tertiary/aromatic N) is 1. The van der Waals surface area contributed by atoms with Gasteiger partial charge in [-0.25, -0.2) is 0 Å². The van der Waals surface area contributed by atoms with E-state index in [0.29, 0.717) is 11.8 Å². The zero-order valence-corrected chi connectivity index (χ0v) is 11.5. The van der Waals surface area contributed by atoms with Crippen molar-refractivity contribution < 1.29 is 5.11 Å². The van der Waals surface area contributed by atoms with E-state index in [1.807, 2.05) is 6.07 Å². The maximum absolute atomic E-state index is 10.2. The number of piperidine rings is 1. The monoisotopic (exact) mass is 247 g/mol. The Morgan fingerprint density at radius 2 is 2.00 bits per heavy atom. The van der Waals surface area contributed by atoms with Gasteiger partial charge < -0.3 is 5.11 Å². The summed E-state index contributed by atoms with van der Waals surface area (Å²) in [5.74, 6) is 1.18. The number of hydrogen-bond donors (Lipinski definition) is 1. The summed E-state index contributed by atoms with van der Waals surface area (Å²) >= 11 is 0. The Hall–Kier alpha value is -0.860. The van der Waals surface area contributed by atoms with E-state index in [1.165, 1.54) is 5.56 Å². The van der Waals surface area contributed by atoms with Gasteiger partial charge in [0.1, 0.15) is 0 Å². The molecule has 0 aliphatic carbocycles. The van der Waals surface area contributed by atoms with Gasteiger partial charge >= 0.3 is 0 Å². The van der Waals surface area contributed by atoms with E-state index >= 15 is 0 Å². The molecule has 0 saturated carbocycles. The van der Waals surface area contributed by atoms with Gasteiger partial charge in [-0.05, 0) is 36.8 Å². The van der Waals surface area contributed by atoms with Gasteiger partial charge in [0.2, 0.25) is 0 Å². The second-order valence-corrected chi connectivity index (χ2v) is 5.97. The van der Waals surface area contributed by atoms with Crippen molar-refractivity contribution in [3.05, 3.63) is 35.9 Å². The minimum Gasteiger partial charge on any atom is -0.392 e. The number of aliphatic hydroxyl groups is 1. The zero-order chi connectivity index (χ0) is 13.0. The van der Waals surface area contributed by atoms with Crippen molar-refractivity contribution in [2.24, 2.45) is 11.8 Å². The highest BCUT2D eigenvalue weighted by atomic mass is 16.3. The number of likely N-dealkylation sites (tertiary alicyclic amines) is 1. The van der Waals surface area contributed by atoms with Crippen LogP contribution in [0.4, 0.5) is 0 Å². The lowest BCUT2D eigenvalue weighted by Crippen LogP contribution is -2.43. The number of benzene rings is 1. The van der Waals surface area contributed by atoms with Crippen LogP contribution >= 0.6 is 0 Å². The molecule has 1 aromatic carbocycles. The lowest BCUT2D eigenvalue weighted by Gasteiger charge is -2.36. The lowest BCUT2D eigenvalue weighted by atomic mass is 9.86. The second kappa shape index (κ2) is 6.35. The molecule has 1 aliphatic rings. The molecule has 0 amide bonds. The summed E-state index contributed by atoms with van der Waals surface area (Å²) in [5, 5.41) is 10.2. The third-order valence-electron chi connectivity index (χ3n) is 3.83. The average molecular weight is 247 g/mol. The molecule has 2 atom stereocenters. The van der Waals surface area contributed by atoms with Crippen molar-refractivity contribution in [2.45, 2.75) is 39.3 Å². The molecule has 1 aromatic rings. The molecule has 0 aromatic heterocycles. The largest absolute Gasteiger partial charge is 0.392 e. The maximum Gasteiger partial charge on any atom is 0.0695 e. The van der Waals surface area contributed by atoms with E-state index in [4.69, 9.17) is 0 Å². The molecule has 2 nitrogen and oxygen atoms in total. The van der Waals surface area contributed by atoms with Gasteiger partial charge in [-0.15, -0.1) is 0 Å². The summed E-state index contributed by atoms with van der Waals surface area (Å²) in [6, 6.07) is 10.5. The molecule has 100 valence electrons. The molecule has 0 radical (unpaired) electrons. The van der Waals surface area contributed by atoms with Crippen LogP contribution in [0.1, 0.15) is 32.3 Å². The van der Waals surface area contributed by atoms with E-state index in [-0.39, 0.29) is 6.10 Å². The number of rotatable bonds is 4. The summed E-state index contributed by atoms with van der Waals surface area (Å²) in [4.78, 5) is 2.37. The summed E-state index contributed by atoms with van der Waals surface area (Å²) < 4.78 is 0. The normalized spacial score (nSPS) is 25.6. The van der Waals surface area contributed by atoms with Crippen molar-refractivity contribution >= 4 is 0 Å².